The summed E-state index contributed by atoms with van der Waals surface area (Å²) in [6.07, 6.45) is -4.00. The molecule has 16 atom stereocenters. The standard InChI is InChI=1S/C11H19N6O13P3.C11H19N6O12P3.C11H18N5O12P3/c1-26-7-6(18)4(2-27-32(22,23)30-33(24,25)29-31(19,20)21)28-10(7)17-3-14-5-8(12)15-11(13)16-9(5)17;1-25-6-2-5(3-26-31(21,22)29-32(23,24)28-30(18,19)20)27-10(6)17-4-14-7-8(12)15-11(13)16-9(7)17;1-24-6-2-8(16-5-15-9-10(12)13-4-14-11(9)16)26-7(6)3-25-30(20,21)28-31(22,23)27-29(17,18)19/h3-4,6-7,10,18H,2H2,1H3,(H,22,23)(H,24,25)(H2,19,20,21)(H4,12,13,15,16);4-6,10H,2-3H2,1H3,(H,21,22)(H,23,24)(H2,18,19,20)(H4,12,13,15,16);4-8H,2-3H2,1H3,(H,20,21)(H,22,23)(H2,12,13,14)(H2,17,18,19)/t4-,6-,7-,10-;5-,6+,10+;6-,7+,8+/m100/s1. The number of nitrogens with zero attached hydrogens (tertiary/aromatic N) is 12. The fourth-order valence-corrected chi connectivity index (χ4v) is 17.8. The highest BCUT2D eigenvalue weighted by Gasteiger charge is 2.50. The van der Waals surface area contributed by atoms with Gasteiger partial charge in [0.15, 0.2) is 46.9 Å². The molecule has 3 aliphatic heterocycles. The number of nitrogens with two attached hydrogens (primary N) is 5. The predicted octanol–water partition coefficient (Wildman–Crippen LogP) is -1.70. The normalized spacial score (nSPS) is 26.4. The highest BCUT2D eigenvalue weighted by Crippen LogP contribution is 2.69. The second-order valence-electron chi connectivity index (χ2n) is 18.9. The minimum absolute atomic E-state index is 0.0204. The maximum absolute atomic E-state index is 11.9. The number of ether oxygens (including phenoxy) is 6. The number of imidazole rings is 3. The summed E-state index contributed by atoms with van der Waals surface area (Å²) in [4.78, 5) is 143. The Labute approximate surface area is 532 Å². The van der Waals surface area contributed by atoms with Gasteiger partial charge in [-0.1, -0.05) is 0 Å². The first-order chi connectivity index (χ1) is 44.1. The molecule has 63 heteroatoms. The fourth-order valence-electron chi connectivity index (χ4n) is 8.67. The molecule has 0 amide bonds. The average Bonchev–Trinajstić information content (AvgIpc) is 1.63. The van der Waals surface area contributed by atoms with E-state index < -0.39 is 152 Å². The van der Waals surface area contributed by atoms with Crippen LogP contribution in [-0.2, 0) is 109 Å². The van der Waals surface area contributed by atoms with Crippen molar-refractivity contribution in [1.82, 2.24) is 58.6 Å². The van der Waals surface area contributed by atoms with Crippen LogP contribution in [0.2, 0.25) is 0 Å². The zero-order chi connectivity index (χ0) is 71.7. The lowest BCUT2D eigenvalue weighted by atomic mass is 10.1. The molecule has 6 aromatic rings. The van der Waals surface area contributed by atoms with E-state index in [2.05, 4.69) is 84.3 Å². The Morgan fingerprint density at radius 3 is 1.30 bits per heavy atom. The summed E-state index contributed by atoms with van der Waals surface area (Å²) in [7, 11) is -45.5. The molecule has 540 valence electrons. The Morgan fingerprint density at radius 1 is 0.448 bits per heavy atom. The van der Waals surface area contributed by atoms with Gasteiger partial charge in [0.2, 0.25) is 11.9 Å². The summed E-state index contributed by atoms with van der Waals surface area (Å²) in [6, 6.07) is 0. The Morgan fingerprint density at radius 2 is 0.865 bits per heavy atom. The first-order valence-corrected chi connectivity index (χ1v) is 38.7. The molecular weight excluding hydrogens is 1510 g/mol. The van der Waals surface area contributed by atoms with Crippen molar-refractivity contribution < 1.29 is 173 Å². The van der Waals surface area contributed by atoms with Gasteiger partial charge in [-0.25, -0.2) is 66.0 Å². The number of aliphatic hydroxyl groups is 1. The van der Waals surface area contributed by atoms with Crippen LogP contribution >= 0.6 is 70.4 Å². The van der Waals surface area contributed by atoms with Crippen LogP contribution in [0.3, 0.4) is 0 Å². The first-order valence-electron chi connectivity index (χ1n) is 25.1. The molecular formula is C33H56N17O37P9. The quantitative estimate of drug-likeness (QED) is 0.0256. The monoisotopic (exact) mass is 1560 g/mol. The van der Waals surface area contributed by atoms with Gasteiger partial charge in [0.25, 0.3) is 0 Å². The van der Waals surface area contributed by atoms with Crippen LogP contribution in [0.1, 0.15) is 31.5 Å². The lowest BCUT2D eigenvalue weighted by molar-refractivity contribution is -0.0577. The summed E-state index contributed by atoms with van der Waals surface area (Å²) in [5.74, 6) is -0.0870. The van der Waals surface area contributed by atoms with Crippen molar-refractivity contribution in [2.45, 2.75) is 74.3 Å². The third-order valence-electron chi connectivity index (χ3n) is 12.2. The van der Waals surface area contributed by atoms with Crippen molar-refractivity contribution in [3.63, 3.8) is 0 Å². The molecule has 6 aromatic heterocycles. The number of hydrogen-bond acceptors (Lipinski definition) is 39. The third-order valence-corrected chi connectivity index (χ3v) is 23.6. The highest BCUT2D eigenvalue weighted by atomic mass is 31.3. The van der Waals surface area contributed by atoms with Gasteiger partial charge in [-0.2, -0.15) is 45.8 Å². The number of anilines is 5. The number of aliphatic hydroxyl groups excluding tert-OH is 1. The lowest BCUT2D eigenvalue weighted by Gasteiger charge is -2.20. The SMILES string of the molecule is CO[C@@H]1C[C@@H](COP(=O)(O)OP(=O)(O)OP(=O)(O)O)O[C@H]1n1cnc2c(N)nc(N)nc21.CO[C@@H]1[C@H](O)[C@@H](COP(=O)(O)OP(=O)(O)OP(=O)(O)O)O[C@H]1n1cnc2c(N)nc(N)nc21.CO[C@H]1C[C@H](n2cnc3c(N)ncnc32)O[C@@H]1COP(=O)(O)OP(=O)(O)OP(=O)(O)O. The zero-order valence-electron chi connectivity index (χ0n) is 48.0. The lowest BCUT2D eigenvalue weighted by Crippen LogP contribution is -2.35. The van der Waals surface area contributed by atoms with Gasteiger partial charge < -0.3 is 121 Å². The molecule has 3 saturated heterocycles. The molecule has 0 spiro atoms. The molecule has 6 unspecified atom stereocenters. The van der Waals surface area contributed by atoms with E-state index in [9.17, 15) is 75.6 Å². The van der Waals surface area contributed by atoms with Gasteiger partial charge in [-0.3, -0.25) is 27.3 Å². The van der Waals surface area contributed by atoms with Crippen LogP contribution in [0.4, 0.5) is 29.4 Å². The van der Waals surface area contributed by atoms with Crippen molar-refractivity contribution in [3.05, 3.63) is 25.3 Å². The first kappa shape index (κ1) is 78.9. The molecule has 0 aliphatic carbocycles. The number of phosphoric acid groups is 9. The number of fused-ring (bicyclic) bond motifs is 3. The van der Waals surface area contributed by atoms with Crippen LogP contribution in [-0.4, -0.2) is 206 Å². The van der Waals surface area contributed by atoms with E-state index in [4.69, 9.17) is 86.4 Å². The van der Waals surface area contributed by atoms with Gasteiger partial charge in [-0.15, -0.1) is 0 Å². The maximum atomic E-state index is 11.9. The Hall–Kier alpha value is -4.40. The molecule has 23 N–H and O–H groups in total. The molecule has 96 heavy (non-hydrogen) atoms. The Balaban J connectivity index is 0.000000203. The maximum Gasteiger partial charge on any atom is 0.490 e. The van der Waals surface area contributed by atoms with E-state index in [1.165, 1.54) is 55.8 Å². The van der Waals surface area contributed by atoms with Crippen LogP contribution in [0, 0.1) is 0 Å². The summed E-state index contributed by atoms with van der Waals surface area (Å²) in [5, 5.41) is 10.5. The summed E-state index contributed by atoms with van der Waals surface area (Å²) >= 11 is 0. The smallest absolute Gasteiger partial charge is 0.387 e. The second-order valence-corrected chi connectivity index (χ2v) is 32.1. The number of methoxy groups -OCH3 is 3. The predicted molar refractivity (Wildman–Crippen MR) is 307 cm³/mol. The van der Waals surface area contributed by atoms with Crippen LogP contribution in [0.15, 0.2) is 25.3 Å². The molecule has 9 heterocycles. The van der Waals surface area contributed by atoms with Crippen molar-refractivity contribution in [2.24, 2.45) is 0 Å². The molecule has 54 nitrogen and oxygen atoms in total. The highest BCUT2D eigenvalue weighted by molar-refractivity contribution is 7.67. The largest absolute Gasteiger partial charge is 0.490 e. The van der Waals surface area contributed by atoms with Crippen LogP contribution < -0.4 is 28.7 Å². The third kappa shape index (κ3) is 21.6. The Kier molecular flexibility index (Phi) is 25.0. The summed E-state index contributed by atoms with van der Waals surface area (Å²) in [6.45, 7) is -2.18. The fraction of sp³-hybridized carbons (Fsp3) is 0.545. The molecule has 0 radical (unpaired) electrons. The molecule has 9 rings (SSSR count). The molecule has 3 fully saturated rings. The van der Waals surface area contributed by atoms with Crippen LogP contribution in [0.25, 0.3) is 33.5 Å². The van der Waals surface area contributed by atoms with E-state index >= 15 is 0 Å². The summed E-state index contributed by atoms with van der Waals surface area (Å²) < 4.78 is 175. The van der Waals surface area contributed by atoms with Gasteiger partial charge in [0, 0.05) is 34.2 Å². The van der Waals surface area contributed by atoms with Gasteiger partial charge in [0.05, 0.1) is 51.0 Å². The minimum Gasteiger partial charge on any atom is -0.387 e. The number of phosphoric ester groups is 3. The van der Waals surface area contributed by atoms with Crippen molar-refractivity contribution in [3.8, 4) is 0 Å². The molecule has 0 aromatic carbocycles. The van der Waals surface area contributed by atoms with Crippen molar-refractivity contribution in [1.29, 1.82) is 0 Å². The van der Waals surface area contributed by atoms with Gasteiger partial charge in [0.1, 0.15) is 59.6 Å². The van der Waals surface area contributed by atoms with E-state index in [0.717, 1.165) is 0 Å². The van der Waals surface area contributed by atoms with Crippen LogP contribution in [0.5, 0.6) is 0 Å². The second kappa shape index (κ2) is 30.4. The topological polar surface area (TPSA) is 816 Å². The van der Waals surface area contributed by atoms with Gasteiger partial charge in [-0.05, 0) is 0 Å². The number of nitrogen functional groups attached to an aromatic ring is 5. The number of rotatable bonds is 27. The van der Waals surface area contributed by atoms with E-state index in [-0.39, 0.29) is 64.5 Å². The van der Waals surface area contributed by atoms with E-state index in [0.29, 0.717) is 11.2 Å². The Bertz CT molecular complexity index is 4230. The van der Waals surface area contributed by atoms with Crippen molar-refractivity contribution >= 4 is 133 Å². The minimum atomic E-state index is -5.70. The van der Waals surface area contributed by atoms with Crippen molar-refractivity contribution in [2.75, 3.05) is 69.8 Å². The van der Waals surface area contributed by atoms with E-state index in [1.54, 1.807) is 4.57 Å². The average molecular weight is 1560 g/mol. The molecule has 3 aliphatic rings. The number of aromatic nitrogens is 12. The molecule has 0 bridgehead atoms. The zero-order valence-corrected chi connectivity index (χ0v) is 56.1. The summed E-state index contributed by atoms with van der Waals surface area (Å²) in [5.41, 5.74) is 30.0. The van der Waals surface area contributed by atoms with E-state index in [1.807, 2.05) is 0 Å². The number of hydrogen-bond donors (Lipinski definition) is 18. The molecule has 0 saturated carbocycles. The van der Waals surface area contributed by atoms with Gasteiger partial charge >= 0.3 is 70.4 Å².